The maximum absolute atomic E-state index is 11.4. The first-order chi connectivity index (χ1) is 7.11. The highest BCUT2D eigenvalue weighted by Gasteiger charge is 2.08. The Labute approximate surface area is 88.0 Å². The molecule has 5 nitrogen and oxygen atoms in total. The van der Waals surface area contributed by atoms with Gasteiger partial charge in [-0.2, -0.15) is 5.10 Å². The summed E-state index contributed by atoms with van der Waals surface area (Å²) in [6.45, 7) is 0. The number of nitrogens with one attached hydrogen (secondary N) is 1. The van der Waals surface area contributed by atoms with Crippen LogP contribution in [-0.4, -0.2) is 36.3 Å². The number of phenols is 1. The molecule has 1 rings (SSSR count). The molecule has 15 heavy (non-hydrogen) atoms. The molecular formula is C10H13N3O2. The van der Waals surface area contributed by atoms with Crippen LogP contribution in [0.1, 0.15) is 10.4 Å². The number of hydrazone groups is 1. The molecule has 0 bridgehead atoms. The molecule has 1 aromatic rings. The molecule has 80 valence electrons. The number of hydrogen-bond donors (Lipinski definition) is 2. The third-order valence-electron chi connectivity index (χ3n) is 1.60. The van der Waals surface area contributed by atoms with E-state index in [9.17, 15) is 9.90 Å². The summed E-state index contributed by atoms with van der Waals surface area (Å²) in [6, 6.07) is 6.29. The van der Waals surface area contributed by atoms with Gasteiger partial charge in [0.25, 0.3) is 5.91 Å². The van der Waals surface area contributed by atoms with Crippen molar-refractivity contribution in [3.05, 3.63) is 29.8 Å². The summed E-state index contributed by atoms with van der Waals surface area (Å²) in [7, 11) is 3.57. The van der Waals surface area contributed by atoms with Crippen LogP contribution in [0.4, 0.5) is 0 Å². The summed E-state index contributed by atoms with van der Waals surface area (Å²) < 4.78 is 0. The van der Waals surface area contributed by atoms with E-state index in [0.717, 1.165) is 0 Å². The molecule has 0 aliphatic carbocycles. The predicted octanol–water partition coefficient (Wildman–Crippen LogP) is 0.627. The second kappa shape index (κ2) is 4.99. The van der Waals surface area contributed by atoms with Crippen LogP contribution >= 0.6 is 0 Å². The molecule has 0 radical (unpaired) electrons. The van der Waals surface area contributed by atoms with Crippen LogP contribution in [0.2, 0.25) is 0 Å². The second-order valence-corrected chi connectivity index (χ2v) is 3.17. The van der Waals surface area contributed by atoms with Crippen LogP contribution in [-0.2, 0) is 0 Å². The van der Waals surface area contributed by atoms with Gasteiger partial charge in [0.2, 0.25) is 0 Å². The number of nitrogens with zero attached hydrogens (tertiary/aromatic N) is 2. The van der Waals surface area contributed by atoms with Crippen molar-refractivity contribution in [1.29, 1.82) is 0 Å². The topological polar surface area (TPSA) is 64.9 Å². The van der Waals surface area contributed by atoms with E-state index in [1.165, 1.54) is 18.5 Å². The van der Waals surface area contributed by atoms with Crippen molar-refractivity contribution in [3.8, 4) is 5.75 Å². The van der Waals surface area contributed by atoms with Gasteiger partial charge in [-0.1, -0.05) is 12.1 Å². The quantitative estimate of drug-likeness (QED) is 0.434. The van der Waals surface area contributed by atoms with Gasteiger partial charge < -0.3 is 10.0 Å². The fourth-order valence-corrected chi connectivity index (χ4v) is 0.929. The summed E-state index contributed by atoms with van der Waals surface area (Å²) >= 11 is 0. The Morgan fingerprint density at radius 2 is 2.13 bits per heavy atom. The van der Waals surface area contributed by atoms with Gasteiger partial charge in [0.05, 0.1) is 5.56 Å². The number of aromatic hydroxyl groups is 1. The number of amides is 1. The Morgan fingerprint density at radius 3 is 2.73 bits per heavy atom. The fourth-order valence-electron chi connectivity index (χ4n) is 0.929. The lowest BCUT2D eigenvalue weighted by atomic mass is 10.2. The van der Waals surface area contributed by atoms with Crippen molar-refractivity contribution in [2.24, 2.45) is 5.10 Å². The molecule has 0 atom stereocenters. The zero-order chi connectivity index (χ0) is 11.3. The van der Waals surface area contributed by atoms with Crippen LogP contribution in [0.25, 0.3) is 0 Å². The Bertz CT molecular complexity index is 375. The fraction of sp³-hybridized carbons (Fsp3) is 0.200. The molecule has 0 aliphatic rings. The highest BCUT2D eigenvalue weighted by molar-refractivity contribution is 5.96. The number of carbonyl (C=O) groups is 1. The number of rotatable bonds is 3. The van der Waals surface area contributed by atoms with E-state index >= 15 is 0 Å². The van der Waals surface area contributed by atoms with Gasteiger partial charge in [-0.3, -0.25) is 4.79 Å². The highest BCUT2D eigenvalue weighted by atomic mass is 16.3. The lowest BCUT2D eigenvalue weighted by Crippen LogP contribution is -2.20. The molecule has 0 fully saturated rings. The maximum atomic E-state index is 11.4. The average molecular weight is 207 g/mol. The van der Waals surface area contributed by atoms with Crippen molar-refractivity contribution < 1.29 is 9.90 Å². The molecule has 1 amide bonds. The van der Waals surface area contributed by atoms with Crippen molar-refractivity contribution in [2.45, 2.75) is 0 Å². The predicted molar refractivity (Wildman–Crippen MR) is 57.8 cm³/mol. The summed E-state index contributed by atoms with van der Waals surface area (Å²) in [6.07, 6.45) is 1.46. The van der Waals surface area contributed by atoms with Crippen LogP contribution < -0.4 is 5.43 Å². The van der Waals surface area contributed by atoms with E-state index in [-0.39, 0.29) is 11.3 Å². The first-order valence-corrected chi connectivity index (χ1v) is 4.39. The SMILES string of the molecule is CN(C)C=NNC(=O)c1ccccc1O. The van der Waals surface area contributed by atoms with E-state index < -0.39 is 5.91 Å². The molecule has 5 heteroatoms. The third kappa shape index (κ3) is 3.30. The summed E-state index contributed by atoms with van der Waals surface area (Å²) in [4.78, 5) is 13.1. The van der Waals surface area contributed by atoms with E-state index in [0.29, 0.717) is 0 Å². The van der Waals surface area contributed by atoms with Crippen LogP contribution in [0.15, 0.2) is 29.4 Å². The Hall–Kier alpha value is -2.04. The second-order valence-electron chi connectivity index (χ2n) is 3.17. The molecule has 0 unspecified atom stereocenters. The molecule has 0 aromatic heterocycles. The number of benzene rings is 1. The van der Waals surface area contributed by atoms with Crippen molar-refractivity contribution in [2.75, 3.05) is 14.1 Å². The molecule has 0 saturated heterocycles. The molecular weight excluding hydrogens is 194 g/mol. The summed E-state index contributed by atoms with van der Waals surface area (Å²) in [5.74, 6) is -0.499. The molecule has 0 spiro atoms. The number of carbonyl (C=O) groups excluding carboxylic acids is 1. The largest absolute Gasteiger partial charge is 0.507 e. The van der Waals surface area contributed by atoms with Crippen LogP contribution in [0.5, 0.6) is 5.75 Å². The molecule has 2 N–H and O–H groups in total. The van der Waals surface area contributed by atoms with Gasteiger partial charge in [-0.05, 0) is 12.1 Å². The lowest BCUT2D eigenvalue weighted by molar-refractivity contribution is 0.0952. The van der Waals surface area contributed by atoms with E-state index in [1.807, 2.05) is 0 Å². The van der Waals surface area contributed by atoms with Crippen molar-refractivity contribution in [1.82, 2.24) is 10.3 Å². The standard InChI is InChI=1S/C10H13N3O2/c1-13(2)7-11-12-10(15)8-5-3-4-6-9(8)14/h3-7,14H,1-2H3,(H,12,15). The van der Waals surface area contributed by atoms with E-state index in [1.54, 1.807) is 31.1 Å². The number of phenolic OH excluding ortho intramolecular Hbond substituents is 1. The number of para-hydroxylation sites is 1. The maximum Gasteiger partial charge on any atom is 0.275 e. The van der Waals surface area contributed by atoms with E-state index in [2.05, 4.69) is 10.5 Å². The zero-order valence-corrected chi connectivity index (χ0v) is 8.64. The van der Waals surface area contributed by atoms with Crippen LogP contribution in [0.3, 0.4) is 0 Å². The van der Waals surface area contributed by atoms with Gasteiger partial charge in [-0.25, -0.2) is 5.43 Å². The minimum atomic E-state index is -0.439. The molecule has 0 heterocycles. The summed E-state index contributed by atoms with van der Waals surface area (Å²) in [5.41, 5.74) is 2.50. The zero-order valence-electron chi connectivity index (χ0n) is 8.64. The molecule has 0 saturated carbocycles. The van der Waals surface area contributed by atoms with Crippen molar-refractivity contribution >= 4 is 12.2 Å². The first kappa shape index (κ1) is 11.0. The van der Waals surface area contributed by atoms with Crippen LogP contribution in [0, 0.1) is 0 Å². The Kier molecular flexibility index (Phi) is 3.68. The van der Waals surface area contributed by atoms with Gasteiger partial charge in [0, 0.05) is 14.1 Å². The minimum absolute atomic E-state index is 0.0601. The van der Waals surface area contributed by atoms with E-state index in [4.69, 9.17) is 0 Å². The highest BCUT2D eigenvalue weighted by Crippen LogP contribution is 2.14. The van der Waals surface area contributed by atoms with Gasteiger partial charge >= 0.3 is 0 Å². The normalized spacial score (nSPS) is 10.3. The van der Waals surface area contributed by atoms with Gasteiger partial charge in [0.1, 0.15) is 12.1 Å². The lowest BCUT2D eigenvalue weighted by Gasteiger charge is -2.04. The number of hydrogen-bond acceptors (Lipinski definition) is 3. The third-order valence-corrected chi connectivity index (χ3v) is 1.60. The van der Waals surface area contributed by atoms with Gasteiger partial charge in [0.15, 0.2) is 0 Å². The monoisotopic (exact) mass is 207 g/mol. The van der Waals surface area contributed by atoms with Gasteiger partial charge in [-0.15, -0.1) is 0 Å². The first-order valence-electron chi connectivity index (χ1n) is 4.39. The average Bonchev–Trinajstić information content (AvgIpc) is 2.17. The van der Waals surface area contributed by atoms with Crippen molar-refractivity contribution in [3.63, 3.8) is 0 Å². The Morgan fingerprint density at radius 1 is 1.47 bits per heavy atom. The molecule has 0 aliphatic heterocycles. The smallest absolute Gasteiger partial charge is 0.275 e. The Balaban J connectivity index is 2.66. The molecule has 1 aromatic carbocycles. The minimum Gasteiger partial charge on any atom is -0.507 e. The summed E-state index contributed by atoms with van der Waals surface area (Å²) in [5, 5.41) is 13.0.